The van der Waals surface area contributed by atoms with Crippen molar-refractivity contribution in [3.63, 3.8) is 0 Å². The predicted octanol–water partition coefficient (Wildman–Crippen LogP) is 6.54. The predicted molar refractivity (Wildman–Crippen MR) is 156 cm³/mol. The fraction of sp³-hybridized carbons (Fsp3) is 0.344. The first-order chi connectivity index (χ1) is 19.4. The minimum atomic E-state index is -0.214. The van der Waals surface area contributed by atoms with Crippen molar-refractivity contribution in [3.05, 3.63) is 82.9 Å². The van der Waals surface area contributed by atoms with Gasteiger partial charge >= 0.3 is 0 Å². The van der Waals surface area contributed by atoms with Crippen molar-refractivity contribution in [2.45, 2.75) is 63.8 Å². The van der Waals surface area contributed by atoms with Crippen molar-refractivity contribution in [3.8, 4) is 17.0 Å². The highest BCUT2D eigenvalue weighted by atomic mass is 35.5. The smallest absolute Gasteiger partial charge is 0.251 e. The summed E-state index contributed by atoms with van der Waals surface area (Å²) in [4.78, 5) is 26.7. The van der Waals surface area contributed by atoms with Gasteiger partial charge in [0.1, 0.15) is 11.9 Å². The highest BCUT2D eigenvalue weighted by molar-refractivity contribution is 6.31. The molecule has 2 aliphatic rings. The lowest BCUT2D eigenvalue weighted by molar-refractivity contribution is -0.123. The van der Waals surface area contributed by atoms with E-state index in [0.29, 0.717) is 22.7 Å². The van der Waals surface area contributed by atoms with E-state index in [-0.39, 0.29) is 24.0 Å². The highest BCUT2D eigenvalue weighted by Crippen LogP contribution is 2.37. The fourth-order valence-electron chi connectivity index (χ4n) is 6.25. The van der Waals surface area contributed by atoms with Crippen LogP contribution in [0.1, 0.15) is 61.5 Å². The standard InChI is InChI=1S/C32H33ClN4O3/c1-19(2)30(26-5-3-4-6-28(26)33)34-32(39)21-9-14-29-27(15-21)31(36-35-29)20-7-12-24(13-8-20)40-25-16-22-10-11-23(17-25)37(22)18-38/h3-9,12-15,18-19,22-23,25,30H,10-11,16-17H2,1-2H3,(H,34,39)(H,35,36)/t22-,23+,25?,30-/m0/s1. The molecule has 2 bridgehead atoms. The van der Waals surface area contributed by atoms with Gasteiger partial charge in [0.05, 0.1) is 17.3 Å². The van der Waals surface area contributed by atoms with E-state index >= 15 is 0 Å². The van der Waals surface area contributed by atoms with Crippen LogP contribution < -0.4 is 10.1 Å². The third-order valence-electron chi connectivity index (χ3n) is 8.32. The summed E-state index contributed by atoms with van der Waals surface area (Å²) in [7, 11) is 0. The fourth-order valence-corrected chi connectivity index (χ4v) is 6.50. The molecule has 0 spiro atoms. The van der Waals surface area contributed by atoms with Gasteiger partial charge in [-0.15, -0.1) is 0 Å². The molecule has 40 heavy (non-hydrogen) atoms. The van der Waals surface area contributed by atoms with Gasteiger partial charge in [0, 0.05) is 46.5 Å². The average molecular weight is 557 g/mol. The number of nitrogens with one attached hydrogen (secondary N) is 2. The van der Waals surface area contributed by atoms with Crippen molar-refractivity contribution < 1.29 is 14.3 Å². The molecule has 2 N–H and O–H groups in total. The summed E-state index contributed by atoms with van der Waals surface area (Å²) in [5.74, 6) is 0.809. The molecule has 8 heteroatoms. The molecule has 6 rings (SSSR count). The maximum Gasteiger partial charge on any atom is 0.251 e. The number of fused-ring (bicyclic) bond motifs is 3. The Hall–Kier alpha value is -3.84. The molecule has 0 radical (unpaired) electrons. The number of ether oxygens (including phenoxy) is 1. The van der Waals surface area contributed by atoms with Crippen LogP contribution in [0.4, 0.5) is 0 Å². The Kier molecular flexibility index (Phi) is 7.24. The third kappa shape index (κ3) is 5.06. The summed E-state index contributed by atoms with van der Waals surface area (Å²) in [6, 6.07) is 21.5. The van der Waals surface area contributed by atoms with Crippen molar-refractivity contribution >= 4 is 34.8 Å². The SMILES string of the molecule is CC(C)[C@H](NC(=O)c1ccc2[nH]nc(-c3ccc(OC4C[C@H]5CC[C@@H](C4)N5C=O)cc3)c2c1)c1ccccc1Cl. The first kappa shape index (κ1) is 26.4. The van der Waals surface area contributed by atoms with Gasteiger partial charge in [0.15, 0.2) is 0 Å². The van der Waals surface area contributed by atoms with Crippen LogP contribution in [-0.2, 0) is 4.79 Å². The third-order valence-corrected chi connectivity index (χ3v) is 8.66. The van der Waals surface area contributed by atoms with E-state index in [1.54, 1.807) is 0 Å². The molecule has 1 aromatic heterocycles. The lowest BCUT2D eigenvalue weighted by Crippen LogP contribution is -2.45. The number of benzene rings is 3. The highest BCUT2D eigenvalue weighted by Gasteiger charge is 2.40. The van der Waals surface area contributed by atoms with Crippen LogP contribution in [-0.4, -0.2) is 45.6 Å². The second kappa shape index (κ2) is 11.0. The number of aromatic nitrogens is 2. The van der Waals surface area contributed by atoms with E-state index in [4.69, 9.17) is 16.3 Å². The second-order valence-corrected chi connectivity index (χ2v) is 11.6. The van der Waals surface area contributed by atoms with Gasteiger partial charge in [-0.3, -0.25) is 14.7 Å². The normalized spacial score (nSPS) is 21.0. The summed E-state index contributed by atoms with van der Waals surface area (Å²) < 4.78 is 6.31. The minimum absolute atomic E-state index is 0.118. The lowest BCUT2D eigenvalue weighted by Gasteiger charge is -2.36. The van der Waals surface area contributed by atoms with Crippen LogP contribution in [0.3, 0.4) is 0 Å². The number of halogens is 1. The van der Waals surface area contributed by atoms with Crippen molar-refractivity contribution in [2.24, 2.45) is 5.92 Å². The van der Waals surface area contributed by atoms with Crippen molar-refractivity contribution in [1.29, 1.82) is 0 Å². The topological polar surface area (TPSA) is 87.3 Å². The number of hydrogen-bond acceptors (Lipinski definition) is 4. The molecule has 2 amide bonds. The molecule has 7 nitrogen and oxygen atoms in total. The molecule has 2 aliphatic heterocycles. The minimum Gasteiger partial charge on any atom is -0.490 e. The Morgan fingerprint density at radius 2 is 1.80 bits per heavy atom. The van der Waals surface area contributed by atoms with E-state index < -0.39 is 0 Å². The Labute approximate surface area is 238 Å². The molecule has 3 heterocycles. The molecule has 4 atom stereocenters. The first-order valence-corrected chi connectivity index (χ1v) is 14.3. The summed E-state index contributed by atoms with van der Waals surface area (Å²) in [6.45, 7) is 4.13. The van der Waals surface area contributed by atoms with Gasteiger partial charge < -0.3 is 15.0 Å². The van der Waals surface area contributed by atoms with Crippen LogP contribution in [0.5, 0.6) is 5.75 Å². The number of amides is 2. The molecule has 3 aromatic carbocycles. The van der Waals surface area contributed by atoms with Gasteiger partial charge in [-0.05, 0) is 72.9 Å². The number of H-pyrrole nitrogens is 1. The summed E-state index contributed by atoms with van der Waals surface area (Å²) in [5.41, 5.74) is 4.03. The number of aromatic amines is 1. The maximum absolute atomic E-state index is 13.4. The monoisotopic (exact) mass is 556 g/mol. The van der Waals surface area contributed by atoms with Crippen molar-refractivity contribution in [1.82, 2.24) is 20.4 Å². The second-order valence-electron chi connectivity index (χ2n) is 11.2. The van der Waals surface area contributed by atoms with Crippen LogP contribution >= 0.6 is 11.6 Å². The van der Waals surface area contributed by atoms with Crippen LogP contribution in [0.15, 0.2) is 66.7 Å². The Balaban J connectivity index is 1.19. The molecule has 0 saturated carbocycles. The number of piperidine rings is 1. The summed E-state index contributed by atoms with van der Waals surface area (Å²) in [5, 5.41) is 12.3. The largest absolute Gasteiger partial charge is 0.490 e. The maximum atomic E-state index is 13.4. The molecular formula is C32H33ClN4O3. The molecule has 1 unspecified atom stereocenters. The first-order valence-electron chi connectivity index (χ1n) is 13.9. The quantitative estimate of drug-likeness (QED) is 0.241. The molecule has 0 aliphatic carbocycles. The van der Waals surface area contributed by atoms with E-state index in [0.717, 1.165) is 65.6 Å². The molecule has 2 fully saturated rings. The zero-order valence-electron chi connectivity index (χ0n) is 22.6. The van der Waals surface area contributed by atoms with Crippen molar-refractivity contribution in [2.75, 3.05) is 0 Å². The van der Waals surface area contributed by atoms with Gasteiger partial charge in [-0.25, -0.2) is 0 Å². The Morgan fingerprint density at radius 3 is 2.48 bits per heavy atom. The van der Waals surface area contributed by atoms with E-state index in [9.17, 15) is 9.59 Å². The Bertz CT molecular complexity index is 1520. The summed E-state index contributed by atoms with van der Waals surface area (Å²) in [6.07, 6.45) is 4.99. The number of rotatable bonds is 8. The van der Waals surface area contributed by atoms with Crippen LogP contribution in [0, 0.1) is 5.92 Å². The van der Waals surface area contributed by atoms with Crippen LogP contribution in [0.25, 0.3) is 22.2 Å². The zero-order chi connectivity index (χ0) is 27.8. The summed E-state index contributed by atoms with van der Waals surface area (Å²) >= 11 is 6.45. The molecule has 206 valence electrons. The van der Waals surface area contributed by atoms with Gasteiger partial charge in [-0.2, -0.15) is 5.10 Å². The molecule has 2 saturated heterocycles. The van der Waals surface area contributed by atoms with Gasteiger partial charge in [-0.1, -0.05) is 43.6 Å². The zero-order valence-corrected chi connectivity index (χ0v) is 23.4. The number of hydrogen-bond donors (Lipinski definition) is 2. The average Bonchev–Trinajstić information content (AvgIpc) is 3.49. The number of carbonyl (C=O) groups excluding carboxylic acids is 2. The number of carbonyl (C=O) groups is 2. The van der Waals surface area contributed by atoms with Gasteiger partial charge in [0.25, 0.3) is 5.91 Å². The Morgan fingerprint density at radius 1 is 1.07 bits per heavy atom. The van der Waals surface area contributed by atoms with E-state index in [1.807, 2.05) is 71.6 Å². The molecule has 4 aromatic rings. The van der Waals surface area contributed by atoms with Crippen LogP contribution in [0.2, 0.25) is 5.02 Å². The lowest BCUT2D eigenvalue weighted by atomic mass is 9.95. The molecular weight excluding hydrogens is 524 g/mol. The van der Waals surface area contributed by atoms with E-state index in [1.165, 1.54) is 0 Å². The van der Waals surface area contributed by atoms with E-state index in [2.05, 4.69) is 29.4 Å². The van der Waals surface area contributed by atoms with Gasteiger partial charge in [0.2, 0.25) is 6.41 Å². The number of nitrogens with zero attached hydrogens (tertiary/aromatic N) is 2.